The van der Waals surface area contributed by atoms with Crippen molar-refractivity contribution in [1.82, 2.24) is 4.90 Å². The van der Waals surface area contributed by atoms with E-state index < -0.39 is 6.04 Å². The van der Waals surface area contributed by atoms with Crippen molar-refractivity contribution in [3.8, 4) is 0 Å². The van der Waals surface area contributed by atoms with Crippen LogP contribution in [0, 0.1) is 5.92 Å². The summed E-state index contributed by atoms with van der Waals surface area (Å²) in [5, 5.41) is 0. The maximum Gasteiger partial charge on any atom is 0.240 e. The van der Waals surface area contributed by atoms with Crippen LogP contribution in [0.2, 0.25) is 4.34 Å². The highest BCUT2D eigenvalue weighted by Crippen LogP contribution is 2.24. The number of nitrogens with zero attached hydrogens (tertiary/aromatic N) is 1. The maximum absolute atomic E-state index is 12.5. The lowest BCUT2D eigenvalue weighted by atomic mass is 9.91. The van der Waals surface area contributed by atoms with E-state index in [1.54, 1.807) is 0 Å². The van der Waals surface area contributed by atoms with Crippen molar-refractivity contribution < 1.29 is 9.53 Å². The molecule has 1 aliphatic heterocycles. The van der Waals surface area contributed by atoms with Gasteiger partial charge in [-0.15, -0.1) is 11.3 Å². The van der Waals surface area contributed by atoms with E-state index in [0.717, 1.165) is 22.1 Å². The van der Waals surface area contributed by atoms with Crippen LogP contribution in [-0.4, -0.2) is 36.6 Å². The number of ether oxygens (including phenoxy) is 1. The molecule has 1 aromatic rings. The first-order valence-corrected chi connectivity index (χ1v) is 8.17. The molecule has 1 atom stereocenters. The Bertz CT molecular complexity index is 446. The Morgan fingerprint density at radius 3 is 2.80 bits per heavy atom. The smallest absolute Gasteiger partial charge is 0.240 e. The van der Waals surface area contributed by atoms with Gasteiger partial charge in [0.2, 0.25) is 5.91 Å². The van der Waals surface area contributed by atoms with Crippen molar-refractivity contribution in [2.24, 2.45) is 11.7 Å². The van der Waals surface area contributed by atoms with Crippen LogP contribution in [0.15, 0.2) is 12.1 Å². The van der Waals surface area contributed by atoms with Crippen molar-refractivity contribution in [2.45, 2.75) is 32.4 Å². The van der Waals surface area contributed by atoms with Crippen LogP contribution in [0.1, 0.15) is 24.6 Å². The number of hydrogen-bond acceptors (Lipinski definition) is 4. The Morgan fingerprint density at radius 1 is 1.55 bits per heavy atom. The van der Waals surface area contributed by atoms with Gasteiger partial charge in [-0.2, -0.15) is 0 Å². The molecular formula is C14H21ClN2O2S. The predicted octanol–water partition coefficient (Wildman–Crippen LogP) is 2.50. The topological polar surface area (TPSA) is 55.6 Å². The average Bonchev–Trinajstić information content (AvgIpc) is 2.89. The molecule has 112 valence electrons. The quantitative estimate of drug-likeness (QED) is 0.908. The Hall–Kier alpha value is -0.620. The maximum atomic E-state index is 12.5. The summed E-state index contributed by atoms with van der Waals surface area (Å²) < 4.78 is 6.07. The Kier molecular flexibility index (Phi) is 5.84. The first-order valence-electron chi connectivity index (χ1n) is 6.98. The molecule has 2 heterocycles. The van der Waals surface area contributed by atoms with Crippen molar-refractivity contribution in [1.29, 1.82) is 0 Å². The van der Waals surface area contributed by atoms with Gasteiger partial charge in [0.15, 0.2) is 0 Å². The fourth-order valence-corrected chi connectivity index (χ4v) is 3.56. The molecule has 20 heavy (non-hydrogen) atoms. The molecule has 2 rings (SSSR count). The van der Waals surface area contributed by atoms with Crippen molar-refractivity contribution in [2.75, 3.05) is 19.8 Å². The van der Waals surface area contributed by atoms with Gasteiger partial charge in [0, 0.05) is 24.6 Å². The number of thiophene rings is 1. The molecule has 1 saturated heterocycles. The summed E-state index contributed by atoms with van der Waals surface area (Å²) in [4.78, 5) is 15.4. The number of carbonyl (C=O) groups excluding carboxylic acids is 1. The highest BCUT2D eigenvalue weighted by molar-refractivity contribution is 7.16. The van der Waals surface area contributed by atoms with E-state index in [1.165, 1.54) is 11.3 Å². The second kappa shape index (κ2) is 7.41. The summed E-state index contributed by atoms with van der Waals surface area (Å²) >= 11 is 7.43. The van der Waals surface area contributed by atoms with Crippen molar-refractivity contribution in [3.63, 3.8) is 0 Å². The normalized spacial score (nSPS) is 17.9. The highest BCUT2D eigenvalue weighted by atomic mass is 35.5. The molecule has 0 aliphatic carbocycles. The fraction of sp³-hybridized carbons (Fsp3) is 0.643. The van der Waals surface area contributed by atoms with Gasteiger partial charge in [0.1, 0.15) is 0 Å². The van der Waals surface area contributed by atoms with E-state index in [0.29, 0.717) is 26.3 Å². The molecule has 0 aromatic carbocycles. The van der Waals surface area contributed by atoms with Gasteiger partial charge in [0.05, 0.1) is 16.9 Å². The van der Waals surface area contributed by atoms with E-state index in [-0.39, 0.29) is 11.8 Å². The van der Waals surface area contributed by atoms with Crippen LogP contribution in [0.5, 0.6) is 0 Å². The molecule has 0 saturated carbocycles. The number of likely N-dealkylation sites (N-methyl/N-ethyl adjacent to an activating group) is 1. The molecule has 0 bridgehead atoms. The number of halogens is 1. The number of carbonyl (C=O) groups is 1. The zero-order valence-corrected chi connectivity index (χ0v) is 13.3. The first-order chi connectivity index (χ1) is 9.61. The van der Waals surface area contributed by atoms with Crippen molar-refractivity contribution >= 4 is 28.8 Å². The van der Waals surface area contributed by atoms with E-state index >= 15 is 0 Å². The zero-order valence-electron chi connectivity index (χ0n) is 11.7. The molecule has 2 N–H and O–H groups in total. The molecule has 0 radical (unpaired) electrons. The standard InChI is InChI=1S/C14H21ClN2O2S/c1-2-17(9-11-3-4-12(15)20-11)14(18)13(16)10-5-7-19-8-6-10/h3-4,10,13H,2,5-9,16H2,1H3. The zero-order chi connectivity index (χ0) is 14.5. The molecule has 1 fully saturated rings. The molecule has 1 aliphatic rings. The summed E-state index contributed by atoms with van der Waals surface area (Å²) in [6, 6.07) is 3.40. The summed E-state index contributed by atoms with van der Waals surface area (Å²) in [5.41, 5.74) is 6.16. The van der Waals surface area contributed by atoms with Gasteiger partial charge in [-0.3, -0.25) is 4.79 Å². The van der Waals surface area contributed by atoms with E-state index in [9.17, 15) is 4.79 Å². The van der Waals surface area contributed by atoms with Crippen LogP contribution in [0.4, 0.5) is 0 Å². The number of amides is 1. The molecule has 1 amide bonds. The minimum absolute atomic E-state index is 0.0314. The van der Waals surface area contributed by atoms with E-state index in [2.05, 4.69) is 0 Å². The predicted molar refractivity (Wildman–Crippen MR) is 81.9 cm³/mol. The minimum atomic E-state index is -0.422. The van der Waals surface area contributed by atoms with E-state index in [1.807, 2.05) is 24.0 Å². The SMILES string of the molecule is CCN(Cc1ccc(Cl)s1)C(=O)C(N)C1CCOCC1. The Morgan fingerprint density at radius 2 is 2.25 bits per heavy atom. The minimum Gasteiger partial charge on any atom is -0.381 e. The first kappa shape index (κ1) is 15.8. The van der Waals surface area contributed by atoms with Gasteiger partial charge in [0.25, 0.3) is 0 Å². The Balaban J connectivity index is 1.96. The van der Waals surface area contributed by atoms with Crippen LogP contribution >= 0.6 is 22.9 Å². The third-order valence-electron chi connectivity index (χ3n) is 3.73. The lowest BCUT2D eigenvalue weighted by molar-refractivity contribution is -0.135. The molecule has 4 nitrogen and oxygen atoms in total. The largest absolute Gasteiger partial charge is 0.381 e. The second-order valence-electron chi connectivity index (χ2n) is 5.03. The summed E-state index contributed by atoms with van der Waals surface area (Å²) in [5.74, 6) is 0.265. The van der Waals surface area contributed by atoms with Gasteiger partial charge in [-0.05, 0) is 37.8 Å². The second-order valence-corrected chi connectivity index (χ2v) is 6.83. The van der Waals surface area contributed by atoms with Gasteiger partial charge in [-0.25, -0.2) is 0 Å². The monoisotopic (exact) mass is 316 g/mol. The van der Waals surface area contributed by atoms with Crippen LogP contribution in [-0.2, 0) is 16.1 Å². The molecule has 6 heteroatoms. The fourth-order valence-electron chi connectivity index (χ4n) is 2.46. The summed E-state index contributed by atoms with van der Waals surface area (Å²) in [6.07, 6.45) is 1.74. The number of nitrogens with two attached hydrogens (primary N) is 1. The Labute approximate surface area is 128 Å². The molecule has 1 unspecified atom stereocenters. The van der Waals surface area contributed by atoms with Crippen LogP contribution in [0.3, 0.4) is 0 Å². The number of rotatable bonds is 5. The van der Waals surface area contributed by atoms with Gasteiger partial charge in [-0.1, -0.05) is 11.6 Å². The molecule has 1 aromatic heterocycles. The molecule has 0 spiro atoms. The lowest BCUT2D eigenvalue weighted by Crippen LogP contribution is -2.48. The lowest BCUT2D eigenvalue weighted by Gasteiger charge is -2.31. The third kappa shape index (κ3) is 3.95. The van der Waals surface area contributed by atoms with E-state index in [4.69, 9.17) is 22.1 Å². The van der Waals surface area contributed by atoms with Crippen LogP contribution in [0.25, 0.3) is 0 Å². The number of hydrogen-bond donors (Lipinski definition) is 1. The summed E-state index contributed by atoms with van der Waals surface area (Å²) in [7, 11) is 0. The van der Waals surface area contributed by atoms with Crippen molar-refractivity contribution in [3.05, 3.63) is 21.3 Å². The van der Waals surface area contributed by atoms with Gasteiger partial charge >= 0.3 is 0 Å². The van der Waals surface area contributed by atoms with Gasteiger partial charge < -0.3 is 15.4 Å². The third-order valence-corrected chi connectivity index (χ3v) is 4.94. The summed E-state index contributed by atoms with van der Waals surface area (Å²) in [6.45, 7) is 4.63. The average molecular weight is 317 g/mol. The van der Waals surface area contributed by atoms with Crippen LogP contribution < -0.4 is 5.73 Å². The molecular weight excluding hydrogens is 296 g/mol. The highest BCUT2D eigenvalue weighted by Gasteiger charge is 2.29.